The summed E-state index contributed by atoms with van der Waals surface area (Å²) in [5.41, 5.74) is 4.19. The molecule has 0 atom stereocenters. The fraction of sp³-hybridized carbons (Fsp3) is 0.238. The van der Waals surface area contributed by atoms with Gasteiger partial charge >= 0.3 is 0 Å². The van der Waals surface area contributed by atoms with Crippen molar-refractivity contribution >= 4 is 28.0 Å². The van der Waals surface area contributed by atoms with Crippen LogP contribution in [0.3, 0.4) is 0 Å². The van der Waals surface area contributed by atoms with E-state index < -0.39 is 0 Å². The van der Waals surface area contributed by atoms with Crippen LogP contribution in [0.2, 0.25) is 0 Å². The lowest BCUT2D eigenvalue weighted by atomic mass is 10.1. The van der Waals surface area contributed by atoms with Crippen molar-refractivity contribution in [1.29, 1.82) is 0 Å². The number of aryl methyl sites for hydroxylation is 2. The van der Waals surface area contributed by atoms with E-state index in [0.29, 0.717) is 19.0 Å². The first-order valence-corrected chi connectivity index (χ1v) is 8.99. The van der Waals surface area contributed by atoms with Crippen LogP contribution >= 0.6 is 0 Å². The summed E-state index contributed by atoms with van der Waals surface area (Å²) in [6.07, 6.45) is 0. The first-order valence-electron chi connectivity index (χ1n) is 8.99. The smallest absolute Gasteiger partial charge is 0.191 e. The van der Waals surface area contributed by atoms with Crippen LogP contribution in [-0.2, 0) is 20.1 Å². The molecule has 2 aromatic heterocycles. The number of guanidine groups is 1. The number of furan rings is 1. The zero-order valence-corrected chi connectivity index (χ0v) is 15.8. The molecule has 0 fully saturated rings. The molecule has 0 aliphatic carbocycles. The monoisotopic (exact) mass is 361 g/mol. The highest BCUT2D eigenvalue weighted by atomic mass is 16.3. The summed E-state index contributed by atoms with van der Waals surface area (Å²) in [5.74, 6) is 2.59. The highest BCUT2D eigenvalue weighted by Gasteiger charge is 2.11. The molecule has 0 saturated carbocycles. The molecule has 0 aliphatic heterocycles. The van der Waals surface area contributed by atoms with E-state index >= 15 is 0 Å². The Kier molecular flexibility index (Phi) is 4.54. The lowest BCUT2D eigenvalue weighted by Crippen LogP contribution is -2.36. The molecular weight excluding hydrogens is 338 g/mol. The van der Waals surface area contributed by atoms with Gasteiger partial charge in [0.2, 0.25) is 0 Å². The Morgan fingerprint density at radius 2 is 1.81 bits per heavy atom. The lowest BCUT2D eigenvalue weighted by molar-refractivity contribution is 0.534. The molecule has 0 unspecified atom stereocenters. The molecule has 2 heterocycles. The van der Waals surface area contributed by atoms with E-state index in [0.717, 1.165) is 39.2 Å². The SMILES string of the molecule is CN=C(NCc1oc2ccccc2c1C)NCc1nc2ccccc2n1C. The molecule has 6 nitrogen and oxygen atoms in total. The Bertz CT molecular complexity index is 1040. The van der Waals surface area contributed by atoms with Crippen molar-refractivity contribution in [2.24, 2.45) is 12.0 Å². The van der Waals surface area contributed by atoms with Crippen molar-refractivity contribution in [3.63, 3.8) is 0 Å². The Morgan fingerprint density at radius 3 is 2.59 bits per heavy atom. The van der Waals surface area contributed by atoms with Gasteiger partial charge in [0.25, 0.3) is 0 Å². The van der Waals surface area contributed by atoms with Crippen LogP contribution in [0.5, 0.6) is 0 Å². The van der Waals surface area contributed by atoms with Crippen molar-refractivity contribution in [2.75, 3.05) is 7.05 Å². The third kappa shape index (κ3) is 3.26. The van der Waals surface area contributed by atoms with Crippen LogP contribution in [0.15, 0.2) is 57.9 Å². The molecule has 0 saturated heterocycles. The molecule has 27 heavy (non-hydrogen) atoms. The van der Waals surface area contributed by atoms with Crippen molar-refractivity contribution in [2.45, 2.75) is 20.0 Å². The van der Waals surface area contributed by atoms with E-state index in [4.69, 9.17) is 4.42 Å². The average Bonchev–Trinajstić information content (AvgIpc) is 3.20. The fourth-order valence-electron chi connectivity index (χ4n) is 3.29. The minimum atomic E-state index is 0.572. The zero-order valence-electron chi connectivity index (χ0n) is 15.8. The number of aromatic nitrogens is 2. The summed E-state index contributed by atoms with van der Waals surface area (Å²) in [6, 6.07) is 16.2. The Hall–Kier alpha value is -3.28. The largest absolute Gasteiger partial charge is 0.459 e. The molecule has 0 amide bonds. The number of para-hydroxylation sites is 3. The van der Waals surface area contributed by atoms with Crippen LogP contribution in [0.1, 0.15) is 17.1 Å². The number of hydrogen-bond donors (Lipinski definition) is 2. The molecule has 4 aromatic rings. The van der Waals surface area contributed by atoms with Gasteiger partial charge < -0.3 is 19.6 Å². The van der Waals surface area contributed by atoms with Gasteiger partial charge in [-0.2, -0.15) is 0 Å². The minimum Gasteiger partial charge on any atom is -0.459 e. The number of hydrogen-bond acceptors (Lipinski definition) is 3. The van der Waals surface area contributed by atoms with Crippen molar-refractivity contribution in [3.8, 4) is 0 Å². The van der Waals surface area contributed by atoms with Crippen LogP contribution in [-0.4, -0.2) is 22.6 Å². The highest BCUT2D eigenvalue weighted by molar-refractivity contribution is 5.83. The van der Waals surface area contributed by atoms with E-state index in [2.05, 4.69) is 44.2 Å². The van der Waals surface area contributed by atoms with Crippen molar-refractivity contribution < 1.29 is 4.42 Å². The summed E-state index contributed by atoms with van der Waals surface area (Å²) >= 11 is 0. The van der Waals surface area contributed by atoms with Crippen LogP contribution < -0.4 is 10.6 Å². The standard InChI is InChI=1S/C21H23N5O/c1-14-15-8-4-7-11-18(15)27-19(14)12-23-21(22-2)24-13-20-25-16-9-5-6-10-17(16)26(20)3/h4-11H,12-13H2,1-3H3,(H2,22,23,24). The maximum Gasteiger partial charge on any atom is 0.191 e. The van der Waals surface area contributed by atoms with Crippen molar-refractivity contribution in [3.05, 3.63) is 65.7 Å². The molecule has 2 aromatic carbocycles. The Labute approximate surface area is 157 Å². The summed E-state index contributed by atoms with van der Waals surface area (Å²) in [5, 5.41) is 7.79. The third-order valence-electron chi connectivity index (χ3n) is 4.88. The first-order chi connectivity index (χ1) is 13.2. The Morgan fingerprint density at radius 1 is 1.07 bits per heavy atom. The van der Waals surface area contributed by atoms with E-state index in [9.17, 15) is 0 Å². The lowest BCUT2D eigenvalue weighted by Gasteiger charge is -2.11. The summed E-state index contributed by atoms with van der Waals surface area (Å²) < 4.78 is 8.05. The van der Waals surface area contributed by atoms with E-state index in [1.807, 2.05) is 43.4 Å². The molecule has 0 spiro atoms. The fourth-order valence-corrected chi connectivity index (χ4v) is 3.29. The first kappa shape index (κ1) is 17.1. The molecule has 4 rings (SSSR count). The second-order valence-electron chi connectivity index (χ2n) is 6.50. The van der Waals surface area contributed by atoms with Gasteiger partial charge in [0, 0.05) is 25.0 Å². The van der Waals surface area contributed by atoms with Crippen molar-refractivity contribution in [1.82, 2.24) is 20.2 Å². The molecule has 0 radical (unpaired) electrons. The van der Waals surface area contributed by atoms with Gasteiger partial charge in [-0.15, -0.1) is 0 Å². The Balaban J connectivity index is 1.43. The quantitative estimate of drug-likeness (QED) is 0.431. The van der Waals surface area contributed by atoms with E-state index in [1.54, 1.807) is 7.05 Å². The number of nitrogens with zero attached hydrogens (tertiary/aromatic N) is 3. The highest BCUT2D eigenvalue weighted by Crippen LogP contribution is 2.24. The summed E-state index contributed by atoms with van der Waals surface area (Å²) in [6.45, 7) is 3.24. The minimum absolute atomic E-state index is 0.572. The number of fused-ring (bicyclic) bond motifs is 2. The number of imidazole rings is 1. The van der Waals surface area contributed by atoms with Gasteiger partial charge in [0.1, 0.15) is 17.2 Å². The van der Waals surface area contributed by atoms with E-state index in [1.165, 1.54) is 0 Å². The van der Waals surface area contributed by atoms with Gasteiger partial charge in [-0.25, -0.2) is 4.98 Å². The van der Waals surface area contributed by atoms with Gasteiger partial charge in [0.05, 0.1) is 24.1 Å². The molecular formula is C21H23N5O. The molecule has 0 bridgehead atoms. The van der Waals surface area contributed by atoms with Gasteiger partial charge in [0.15, 0.2) is 5.96 Å². The van der Waals surface area contributed by atoms with E-state index in [-0.39, 0.29) is 0 Å². The topological polar surface area (TPSA) is 67.4 Å². The summed E-state index contributed by atoms with van der Waals surface area (Å²) in [7, 11) is 3.79. The predicted molar refractivity (Wildman–Crippen MR) is 109 cm³/mol. The number of aliphatic imine (C=N–C) groups is 1. The number of nitrogens with one attached hydrogen (secondary N) is 2. The normalized spacial score (nSPS) is 12.0. The molecule has 2 N–H and O–H groups in total. The number of rotatable bonds is 4. The van der Waals surface area contributed by atoms with Crippen LogP contribution in [0.4, 0.5) is 0 Å². The molecule has 0 aliphatic rings. The number of benzene rings is 2. The summed E-state index contributed by atoms with van der Waals surface area (Å²) in [4.78, 5) is 8.98. The maximum atomic E-state index is 5.95. The second kappa shape index (κ2) is 7.15. The second-order valence-corrected chi connectivity index (χ2v) is 6.50. The van der Waals surface area contributed by atoms with Gasteiger partial charge in [-0.1, -0.05) is 30.3 Å². The molecule has 138 valence electrons. The third-order valence-corrected chi connectivity index (χ3v) is 4.88. The van der Waals surface area contributed by atoms with Crippen LogP contribution in [0, 0.1) is 6.92 Å². The average molecular weight is 361 g/mol. The van der Waals surface area contributed by atoms with Gasteiger partial charge in [-0.3, -0.25) is 4.99 Å². The van der Waals surface area contributed by atoms with Crippen LogP contribution in [0.25, 0.3) is 22.0 Å². The zero-order chi connectivity index (χ0) is 18.8. The predicted octanol–water partition coefficient (Wildman–Crippen LogP) is 3.49. The maximum absolute atomic E-state index is 5.95. The molecule has 6 heteroatoms. The van der Waals surface area contributed by atoms with Gasteiger partial charge in [-0.05, 0) is 25.1 Å².